The van der Waals surface area contributed by atoms with Gasteiger partial charge in [0.25, 0.3) is 0 Å². The SMILES string of the molecule is CS(=O)(=O)c1nc(Nc2cc(Cl)cc(Cl)c2)n[nH]1. The molecule has 0 aliphatic rings. The van der Waals surface area contributed by atoms with E-state index in [1.807, 2.05) is 0 Å². The highest BCUT2D eigenvalue weighted by molar-refractivity contribution is 7.90. The van der Waals surface area contributed by atoms with Gasteiger partial charge in [-0.2, -0.15) is 4.98 Å². The van der Waals surface area contributed by atoms with E-state index >= 15 is 0 Å². The molecule has 0 aliphatic carbocycles. The van der Waals surface area contributed by atoms with E-state index in [-0.39, 0.29) is 11.1 Å². The highest BCUT2D eigenvalue weighted by atomic mass is 35.5. The molecule has 2 aromatic rings. The second kappa shape index (κ2) is 4.75. The molecule has 1 aromatic heterocycles. The summed E-state index contributed by atoms with van der Waals surface area (Å²) >= 11 is 11.7. The molecule has 2 rings (SSSR count). The predicted molar refractivity (Wildman–Crippen MR) is 69.2 cm³/mol. The van der Waals surface area contributed by atoms with Crippen molar-refractivity contribution in [2.75, 3.05) is 11.6 Å². The summed E-state index contributed by atoms with van der Waals surface area (Å²) in [5.41, 5.74) is 0.562. The van der Waals surface area contributed by atoms with Gasteiger partial charge in [0.1, 0.15) is 0 Å². The van der Waals surface area contributed by atoms with Crippen molar-refractivity contribution in [3.63, 3.8) is 0 Å². The van der Waals surface area contributed by atoms with Gasteiger partial charge in [-0.3, -0.25) is 0 Å². The Balaban J connectivity index is 2.27. The first-order valence-corrected chi connectivity index (χ1v) is 7.35. The van der Waals surface area contributed by atoms with Crippen molar-refractivity contribution in [3.8, 4) is 0 Å². The van der Waals surface area contributed by atoms with Gasteiger partial charge in [-0.15, -0.1) is 5.10 Å². The number of anilines is 2. The highest BCUT2D eigenvalue weighted by Crippen LogP contribution is 2.24. The molecule has 0 spiro atoms. The molecular formula is C9H8Cl2N4O2S. The number of aromatic amines is 1. The van der Waals surface area contributed by atoms with Crippen LogP contribution in [0.3, 0.4) is 0 Å². The van der Waals surface area contributed by atoms with Crippen LogP contribution in [0.1, 0.15) is 0 Å². The van der Waals surface area contributed by atoms with Gasteiger partial charge in [0.2, 0.25) is 20.9 Å². The zero-order valence-electron chi connectivity index (χ0n) is 9.11. The van der Waals surface area contributed by atoms with Gasteiger partial charge in [-0.25, -0.2) is 13.5 Å². The summed E-state index contributed by atoms with van der Waals surface area (Å²) in [6.07, 6.45) is 1.04. The van der Waals surface area contributed by atoms with E-state index < -0.39 is 9.84 Å². The summed E-state index contributed by atoms with van der Waals surface area (Å²) in [5, 5.41) is 9.52. The van der Waals surface area contributed by atoms with Gasteiger partial charge in [0, 0.05) is 22.0 Å². The van der Waals surface area contributed by atoms with Crippen LogP contribution < -0.4 is 5.32 Å². The normalized spacial score (nSPS) is 11.5. The first-order valence-electron chi connectivity index (χ1n) is 4.70. The molecule has 6 nitrogen and oxygen atoms in total. The molecule has 0 saturated heterocycles. The van der Waals surface area contributed by atoms with Crippen molar-refractivity contribution in [1.29, 1.82) is 0 Å². The molecule has 1 aromatic carbocycles. The minimum Gasteiger partial charge on any atom is -0.323 e. The number of benzene rings is 1. The maximum atomic E-state index is 11.2. The Bertz CT molecular complexity index is 663. The first-order chi connectivity index (χ1) is 8.34. The van der Waals surface area contributed by atoms with E-state index in [0.29, 0.717) is 15.7 Å². The number of nitrogens with zero attached hydrogens (tertiary/aromatic N) is 2. The maximum Gasteiger partial charge on any atom is 0.247 e. The second-order valence-electron chi connectivity index (χ2n) is 3.52. The summed E-state index contributed by atoms with van der Waals surface area (Å²) in [7, 11) is -3.41. The molecule has 18 heavy (non-hydrogen) atoms. The molecule has 2 N–H and O–H groups in total. The van der Waals surface area contributed by atoms with Crippen LogP contribution in [-0.2, 0) is 9.84 Å². The van der Waals surface area contributed by atoms with E-state index in [0.717, 1.165) is 6.26 Å². The Morgan fingerprint density at radius 1 is 1.22 bits per heavy atom. The van der Waals surface area contributed by atoms with E-state index in [9.17, 15) is 8.42 Å². The molecule has 0 aliphatic heterocycles. The number of hydrogen-bond donors (Lipinski definition) is 2. The monoisotopic (exact) mass is 306 g/mol. The number of nitrogens with one attached hydrogen (secondary N) is 2. The summed E-state index contributed by atoms with van der Waals surface area (Å²) in [6, 6.07) is 4.81. The van der Waals surface area contributed by atoms with Crippen LogP contribution in [0.5, 0.6) is 0 Å². The summed E-state index contributed by atoms with van der Waals surface area (Å²) < 4.78 is 22.4. The lowest BCUT2D eigenvalue weighted by molar-refractivity contribution is 0.594. The van der Waals surface area contributed by atoms with Crippen LogP contribution in [0.4, 0.5) is 11.6 Å². The summed E-state index contributed by atoms with van der Waals surface area (Å²) in [5.74, 6) is 0.119. The molecule has 0 radical (unpaired) electrons. The largest absolute Gasteiger partial charge is 0.323 e. The molecule has 0 fully saturated rings. The lowest BCUT2D eigenvalue weighted by Crippen LogP contribution is -1.99. The van der Waals surface area contributed by atoms with E-state index in [1.54, 1.807) is 18.2 Å². The van der Waals surface area contributed by atoms with Gasteiger partial charge in [-0.05, 0) is 18.2 Å². The molecule has 96 valence electrons. The van der Waals surface area contributed by atoms with Crippen molar-refractivity contribution in [2.45, 2.75) is 5.16 Å². The Hall–Kier alpha value is -1.31. The first kappa shape index (κ1) is 13.1. The summed E-state index contributed by atoms with van der Waals surface area (Å²) in [4.78, 5) is 3.78. The van der Waals surface area contributed by atoms with Gasteiger partial charge < -0.3 is 5.32 Å². The summed E-state index contributed by atoms with van der Waals surface area (Å²) in [6.45, 7) is 0. The number of halogens is 2. The minimum atomic E-state index is -3.41. The lowest BCUT2D eigenvalue weighted by Gasteiger charge is -2.02. The fraction of sp³-hybridized carbons (Fsp3) is 0.111. The molecule has 0 bridgehead atoms. The van der Waals surface area contributed by atoms with Crippen molar-refractivity contribution >= 4 is 44.7 Å². The van der Waals surface area contributed by atoms with Crippen molar-refractivity contribution in [1.82, 2.24) is 15.2 Å². The molecule has 9 heteroatoms. The molecule has 0 saturated carbocycles. The van der Waals surface area contributed by atoms with Gasteiger partial charge in [0.15, 0.2) is 0 Å². The molecule has 0 unspecified atom stereocenters. The Kier molecular flexibility index (Phi) is 3.47. The van der Waals surface area contributed by atoms with Crippen LogP contribution in [0, 0.1) is 0 Å². The standard InChI is InChI=1S/C9H8Cl2N4O2S/c1-18(16,17)9-13-8(14-15-9)12-7-3-5(10)2-6(11)4-7/h2-4H,1H3,(H2,12,13,14,15). The molecule has 0 atom stereocenters. The number of sulfone groups is 1. The van der Waals surface area contributed by atoms with Crippen LogP contribution in [0.25, 0.3) is 0 Å². The minimum absolute atomic E-state index is 0.119. The average Bonchev–Trinajstić information content (AvgIpc) is 2.63. The van der Waals surface area contributed by atoms with E-state index in [1.165, 1.54) is 0 Å². The third-order valence-electron chi connectivity index (χ3n) is 1.93. The smallest absolute Gasteiger partial charge is 0.247 e. The maximum absolute atomic E-state index is 11.2. The third-order valence-corrected chi connectivity index (χ3v) is 3.26. The fourth-order valence-corrected chi connectivity index (χ4v) is 2.21. The van der Waals surface area contributed by atoms with Crippen LogP contribution in [0.15, 0.2) is 23.4 Å². The predicted octanol–water partition coefficient (Wildman–Crippen LogP) is 2.26. The number of rotatable bonds is 3. The van der Waals surface area contributed by atoms with E-state index in [4.69, 9.17) is 23.2 Å². The molecular weight excluding hydrogens is 299 g/mol. The third kappa shape index (κ3) is 3.12. The highest BCUT2D eigenvalue weighted by Gasteiger charge is 2.13. The second-order valence-corrected chi connectivity index (χ2v) is 6.32. The fourth-order valence-electron chi connectivity index (χ4n) is 1.22. The Morgan fingerprint density at radius 2 is 1.83 bits per heavy atom. The van der Waals surface area contributed by atoms with Crippen molar-refractivity contribution in [2.24, 2.45) is 0 Å². The van der Waals surface area contributed by atoms with Crippen molar-refractivity contribution < 1.29 is 8.42 Å². The van der Waals surface area contributed by atoms with Gasteiger partial charge in [-0.1, -0.05) is 23.2 Å². The molecule has 1 heterocycles. The van der Waals surface area contributed by atoms with Crippen LogP contribution >= 0.6 is 23.2 Å². The van der Waals surface area contributed by atoms with Gasteiger partial charge >= 0.3 is 0 Å². The Labute approximate surface area is 113 Å². The number of aromatic nitrogens is 3. The lowest BCUT2D eigenvalue weighted by atomic mass is 10.3. The number of hydrogen-bond acceptors (Lipinski definition) is 5. The zero-order chi connectivity index (χ0) is 13.3. The Morgan fingerprint density at radius 3 is 2.33 bits per heavy atom. The average molecular weight is 307 g/mol. The quantitative estimate of drug-likeness (QED) is 0.908. The van der Waals surface area contributed by atoms with Crippen molar-refractivity contribution in [3.05, 3.63) is 28.2 Å². The van der Waals surface area contributed by atoms with Gasteiger partial charge in [0.05, 0.1) is 0 Å². The van der Waals surface area contributed by atoms with Crippen LogP contribution in [0.2, 0.25) is 10.0 Å². The van der Waals surface area contributed by atoms with E-state index in [2.05, 4.69) is 20.5 Å². The topological polar surface area (TPSA) is 87.7 Å². The van der Waals surface area contributed by atoms with Crippen LogP contribution in [-0.4, -0.2) is 29.9 Å². The zero-order valence-corrected chi connectivity index (χ0v) is 11.4. The molecule has 0 amide bonds. The number of H-pyrrole nitrogens is 1.